The van der Waals surface area contributed by atoms with E-state index in [0.717, 1.165) is 6.42 Å². The van der Waals surface area contributed by atoms with Crippen molar-refractivity contribution in [2.45, 2.75) is 25.8 Å². The molecule has 0 atom stereocenters. The lowest BCUT2D eigenvalue weighted by Gasteiger charge is -2.41. The molecule has 0 unspecified atom stereocenters. The van der Waals surface area contributed by atoms with Crippen LogP contribution >= 0.6 is 0 Å². The van der Waals surface area contributed by atoms with Gasteiger partial charge in [-0.1, -0.05) is 0 Å². The van der Waals surface area contributed by atoms with Crippen LogP contribution in [0.3, 0.4) is 0 Å². The van der Waals surface area contributed by atoms with Crippen molar-refractivity contribution < 1.29 is 9.53 Å². The van der Waals surface area contributed by atoms with Gasteiger partial charge in [-0.15, -0.1) is 0 Å². The predicted octanol–water partition coefficient (Wildman–Crippen LogP) is 1.98. The van der Waals surface area contributed by atoms with Crippen molar-refractivity contribution in [1.29, 1.82) is 0 Å². The molecule has 17 heavy (non-hydrogen) atoms. The number of cyclic esters (lactones) is 1. The van der Waals surface area contributed by atoms with Gasteiger partial charge in [0.15, 0.2) is 0 Å². The van der Waals surface area contributed by atoms with Gasteiger partial charge in [-0.2, -0.15) is 0 Å². The normalized spacial score (nSPS) is 18.9. The molecule has 0 aromatic heterocycles. The van der Waals surface area contributed by atoms with Gasteiger partial charge < -0.3 is 16.2 Å². The van der Waals surface area contributed by atoms with Crippen molar-refractivity contribution >= 4 is 23.2 Å². The van der Waals surface area contributed by atoms with Crippen LogP contribution in [0.4, 0.5) is 21.9 Å². The Morgan fingerprint density at radius 2 is 2.00 bits per heavy atom. The van der Waals surface area contributed by atoms with Gasteiger partial charge in [-0.3, -0.25) is 4.90 Å². The molecule has 0 radical (unpaired) electrons. The fraction of sp³-hybridized carbons (Fsp3) is 0.417. The Kier molecular flexibility index (Phi) is 2.61. The summed E-state index contributed by atoms with van der Waals surface area (Å²) in [6, 6.07) is 5.17. The van der Waals surface area contributed by atoms with Crippen LogP contribution in [0.15, 0.2) is 18.2 Å². The van der Waals surface area contributed by atoms with Crippen molar-refractivity contribution in [3.05, 3.63) is 18.2 Å². The van der Waals surface area contributed by atoms with E-state index in [9.17, 15) is 4.79 Å². The van der Waals surface area contributed by atoms with Crippen LogP contribution in [0.25, 0.3) is 0 Å². The van der Waals surface area contributed by atoms with Gasteiger partial charge in [-0.05, 0) is 32.0 Å². The van der Waals surface area contributed by atoms with E-state index in [1.807, 2.05) is 13.8 Å². The highest BCUT2D eigenvalue weighted by Crippen LogP contribution is 2.33. The standard InChI is InChI=1S/C12H17N3O2/c1-12(2)5-6-17-11(16)15(12)8-3-4-9(13)10(14)7-8/h3-4,7H,5-6,13-14H2,1-2H3. The summed E-state index contributed by atoms with van der Waals surface area (Å²) in [6.45, 7) is 4.45. The monoisotopic (exact) mass is 235 g/mol. The number of rotatable bonds is 1. The fourth-order valence-electron chi connectivity index (χ4n) is 1.97. The maximum Gasteiger partial charge on any atom is 0.414 e. The average Bonchev–Trinajstić information content (AvgIpc) is 2.22. The van der Waals surface area contributed by atoms with E-state index in [0.29, 0.717) is 23.7 Å². The van der Waals surface area contributed by atoms with Gasteiger partial charge in [0.2, 0.25) is 0 Å². The molecule has 1 heterocycles. The molecule has 0 spiro atoms. The van der Waals surface area contributed by atoms with Crippen LogP contribution in [0.2, 0.25) is 0 Å². The largest absolute Gasteiger partial charge is 0.449 e. The molecule has 2 rings (SSSR count). The summed E-state index contributed by atoms with van der Waals surface area (Å²) in [4.78, 5) is 13.5. The van der Waals surface area contributed by atoms with Crippen molar-refractivity contribution in [1.82, 2.24) is 0 Å². The number of nitrogens with zero attached hydrogens (tertiary/aromatic N) is 1. The lowest BCUT2D eigenvalue weighted by molar-refractivity contribution is 0.115. The number of anilines is 3. The van der Waals surface area contributed by atoms with E-state index in [1.54, 1.807) is 23.1 Å². The number of carbonyl (C=O) groups excluding carboxylic acids is 1. The van der Waals surface area contributed by atoms with Crippen LogP contribution in [0, 0.1) is 0 Å². The van der Waals surface area contributed by atoms with Crippen molar-refractivity contribution in [2.24, 2.45) is 0 Å². The minimum absolute atomic E-state index is 0.280. The van der Waals surface area contributed by atoms with Crippen LogP contribution in [0.1, 0.15) is 20.3 Å². The minimum atomic E-state index is -0.342. The Bertz CT molecular complexity index is 457. The highest BCUT2D eigenvalue weighted by Gasteiger charge is 2.37. The van der Waals surface area contributed by atoms with E-state index < -0.39 is 0 Å². The van der Waals surface area contributed by atoms with Gasteiger partial charge >= 0.3 is 6.09 Å². The van der Waals surface area contributed by atoms with Crippen LogP contribution in [0.5, 0.6) is 0 Å². The number of benzene rings is 1. The molecular weight excluding hydrogens is 218 g/mol. The zero-order valence-corrected chi connectivity index (χ0v) is 10.1. The summed E-state index contributed by atoms with van der Waals surface area (Å²) in [5, 5.41) is 0. The van der Waals surface area contributed by atoms with E-state index in [-0.39, 0.29) is 11.6 Å². The Morgan fingerprint density at radius 3 is 2.59 bits per heavy atom. The topological polar surface area (TPSA) is 81.6 Å². The molecule has 4 N–H and O–H groups in total. The average molecular weight is 235 g/mol. The number of carbonyl (C=O) groups is 1. The van der Waals surface area contributed by atoms with Crippen molar-refractivity contribution in [2.75, 3.05) is 23.0 Å². The molecule has 0 bridgehead atoms. The molecule has 5 heteroatoms. The maximum atomic E-state index is 11.8. The van der Waals surface area contributed by atoms with Crippen LogP contribution < -0.4 is 16.4 Å². The molecule has 1 aromatic carbocycles. The number of nitrogen functional groups attached to an aromatic ring is 2. The van der Waals surface area contributed by atoms with Crippen molar-refractivity contribution in [3.63, 3.8) is 0 Å². The highest BCUT2D eigenvalue weighted by atomic mass is 16.6. The second kappa shape index (κ2) is 3.84. The first-order valence-electron chi connectivity index (χ1n) is 5.54. The second-order valence-electron chi connectivity index (χ2n) is 4.83. The molecule has 1 aliphatic heterocycles. The Labute approximate surface area is 100 Å². The lowest BCUT2D eigenvalue weighted by Crippen LogP contribution is -2.52. The summed E-state index contributed by atoms with van der Waals surface area (Å²) in [5.41, 5.74) is 12.8. The minimum Gasteiger partial charge on any atom is -0.449 e. The van der Waals surface area contributed by atoms with Crippen molar-refractivity contribution in [3.8, 4) is 0 Å². The SMILES string of the molecule is CC1(C)CCOC(=O)N1c1ccc(N)c(N)c1. The number of hydrogen-bond acceptors (Lipinski definition) is 4. The molecule has 92 valence electrons. The Hall–Kier alpha value is -1.91. The molecular formula is C12H17N3O2. The fourth-order valence-corrected chi connectivity index (χ4v) is 1.97. The first kappa shape index (κ1) is 11.6. The molecule has 0 saturated carbocycles. The van der Waals surface area contributed by atoms with Gasteiger partial charge in [-0.25, -0.2) is 4.79 Å². The molecule has 1 aliphatic rings. The third kappa shape index (κ3) is 2.00. The van der Waals surface area contributed by atoms with E-state index in [2.05, 4.69) is 0 Å². The number of amides is 1. The van der Waals surface area contributed by atoms with Gasteiger partial charge in [0.05, 0.1) is 18.0 Å². The maximum absolute atomic E-state index is 11.8. The molecule has 0 aliphatic carbocycles. The summed E-state index contributed by atoms with van der Waals surface area (Å²) in [6.07, 6.45) is 0.439. The van der Waals surface area contributed by atoms with Gasteiger partial charge in [0.1, 0.15) is 0 Å². The van der Waals surface area contributed by atoms with E-state index >= 15 is 0 Å². The van der Waals surface area contributed by atoms with E-state index in [4.69, 9.17) is 16.2 Å². The zero-order chi connectivity index (χ0) is 12.6. The van der Waals surface area contributed by atoms with Crippen LogP contribution in [-0.4, -0.2) is 18.2 Å². The Morgan fingerprint density at radius 1 is 1.29 bits per heavy atom. The first-order valence-corrected chi connectivity index (χ1v) is 5.54. The summed E-state index contributed by atoms with van der Waals surface area (Å²) in [5.74, 6) is 0. The quantitative estimate of drug-likeness (QED) is 0.729. The smallest absolute Gasteiger partial charge is 0.414 e. The van der Waals surface area contributed by atoms with Gasteiger partial charge in [0, 0.05) is 17.6 Å². The third-order valence-electron chi connectivity index (χ3n) is 3.06. The number of nitrogens with two attached hydrogens (primary N) is 2. The molecule has 1 aromatic rings. The lowest BCUT2D eigenvalue weighted by atomic mass is 9.96. The number of hydrogen-bond donors (Lipinski definition) is 2. The highest BCUT2D eigenvalue weighted by molar-refractivity contribution is 5.91. The van der Waals surface area contributed by atoms with Crippen LogP contribution in [-0.2, 0) is 4.74 Å². The summed E-state index contributed by atoms with van der Waals surface area (Å²) in [7, 11) is 0. The zero-order valence-electron chi connectivity index (χ0n) is 10.1. The molecule has 1 fully saturated rings. The summed E-state index contributed by atoms with van der Waals surface area (Å²) < 4.78 is 5.07. The first-order chi connectivity index (χ1) is 7.92. The Balaban J connectivity index is 2.42. The molecule has 5 nitrogen and oxygen atoms in total. The predicted molar refractivity (Wildman–Crippen MR) is 67.8 cm³/mol. The molecule has 1 amide bonds. The second-order valence-corrected chi connectivity index (χ2v) is 4.83. The molecule has 1 saturated heterocycles. The van der Waals surface area contributed by atoms with E-state index in [1.165, 1.54) is 0 Å². The summed E-state index contributed by atoms with van der Waals surface area (Å²) >= 11 is 0. The third-order valence-corrected chi connectivity index (χ3v) is 3.06. The number of ether oxygens (including phenoxy) is 1. The van der Waals surface area contributed by atoms with Gasteiger partial charge in [0.25, 0.3) is 0 Å².